The molecule has 0 nitrogen and oxygen atoms in total. The molecule has 56 valence electrons. The molecule has 0 saturated heterocycles. The first-order valence-electron chi connectivity index (χ1n) is 4.98. The van der Waals surface area contributed by atoms with Crippen LogP contribution in [0, 0.1) is 23.7 Å². The van der Waals surface area contributed by atoms with Crippen LogP contribution in [0.1, 0.15) is 38.5 Å². The van der Waals surface area contributed by atoms with Crippen molar-refractivity contribution in [1.29, 1.82) is 0 Å². The molecule has 4 fully saturated rings. The maximum Gasteiger partial charge on any atom is -0.0318 e. The van der Waals surface area contributed by atoms with Crippen LogP contribution < -0.4 is 0 Å². The van der Waals surface area contributed by atoms with Crippen LogP contribution in [0.15, 0.2) is 0 Å². The third kappa shape index (κ3) is 0.627. The lowest BCUT2D eigenvalue weighted by Crippen LogP contribution is -1.98. The Bertz CT molecular complexity index is 112. The standard InChI is InChI=1S/C10H16/c1-2-4-6-8-9-7(5-3-1)10(8)9/h7-10H,1-6H2. The van der Waals surface area contributed by atoms with Crippen molar-refractivity contribution in [1.82, 2.24) is 0 Å². The van der Waals surface area contributed by atoms with E-state index in [2.05, 4.69) is 0 Å². The van der Waals surface area contributed by atoms with Gasteiger partial charge in [-0.05, 0) is 36.5 Å². The first-order valence-corrected chi connectivity index (χ1v) is 4.98. The molecular formula is C10H16. The van der Waals surface area contributed by atoms with Gasteiger partial charge in [0.2, 0.25) is 0 Å². The molecule has 0 aliphatic heterocycles. The minimum absolute atomic E-state index is 1.24. The van der Waals surface area contributed by atoms with Crippen molar-refractivity contribution in [2.75, 3.05) is 0 Å². The molecule has 0 aromatic carbocycles. The number of fused-ring (bicyclic) bond motifs is 5. The van der Waals surface area contributed by atoms with Gasteiger partial charge in [0, 0.05) is 0 Å². The van der Waals surface area contributed by atoms with E-state index in [0.29, 0.717) is 0 Å². The normalized spacial score (nSPS) is 57.6. The lowest BCUT2D eigenvalue weighted by atomic mass is 9.99. The van der Waals surface area contributed by atoms with E-state index in [-0.39, 0.29) is 0 Å². The highest BCUT2D eigenvalue weighted by Crippen LogP contribution is 2.76. The Morgan fingerprint density at radius 3 is 1.60 bits per heavy atom. The largest absolute Gasteiger partial charge is 0.0533 e. The Kier molecular flexibility index (Phi) is 1.00. The topological polar surface area (TPSA) is 0 Å². The van der Waals surface area contributed by atoms with E-state index in [0.717, 1.165) is 0 Å². The summed E-state index contributed by atoms with van der Waals surface area (Å²) < 4.78 is 0. The van der Waals surface area contributed by atoms with Crippen LogP contribution in [0.25, 0.3) is 0 Å². The first kappa shape index (κ1) is 5.62. The predicted molar refractivity (Wildman–Crippen MR) is 41.7 cm³/mol. The predicted octanol–water partition coefficient (Wildman–Crippen LogP) is 2.83. The lowest BCUT2D eigenvalue weighted by molar-refractivity contribution is 0.433. The van der Waals surface area contributed by atoms with Gasteiger partial charge in [0.25, 0.3) is 0 Å². The minimum Gasteiger partial charge on any atom is -0.0533 e. The SMILES string of the molecule is C1CCCC2C3C(CC1)C23. The van der Waals surface area contributed by atoms with Crippen molar-refractivity contribution in [3.8, 4) is 0 Å². The molecule has 0 N–H and O–H groups in total. The van der Waals surface area contributed by atoms with Gasteiger partial charge in [-0.2, -0.15) is 0 Å². The lowest BCUT2D eigenvalue weighted by Gasteiger charge is -2.06. The summed E-state index contributed by atoms with van der Waals surface area (Å²) in [5.74, 6) is 5.00. The number of hydrogen-bond donors (Lipinski definition) is 0. The van der Waals surface area contributed by atoms with E-state index >= 15 is 0 Å². The third-order valence-electron chi connectivity index (χ3n) is 3.97. The first-order chi connectivity index (χ1) is 4.98. The number of rotatable bonds is 0. The Hall–Kier alpha value is 0. The molecule has 0 spiro atoms. The van der Waals surface area contributed by atoms with E-state index in [1.54, 1.807) is 25.7 Å². The van der Waals surface area contributed by atoms with Gasteiger partial charge in [0.05, 0.1) is 0 Å². The number of hydrogen-bond acceptors (Lipinski definition) is 0. The zero-order valence-corrected chi connectivity index (χ0v) is 6.55. The van der Waals surface area contributed by atoms with Crippen molar-refractivity contribution in [2.45, 2.75) is 38.5 Å². The smallest absolute Gasteiger partial charge is 0.0318 e. The van der Waals surface area contributed by atoms with Crippen LogP contribution in [-0.2, 0) is 0 Å². The van der Waals surface area contributed by atoms with E-state index in [4.69, 9.17) is 0 Å². The molecule has 0 heterocycles. The molecule has 4 aliphatic carbocycles. The Morgan fingerprint density at radius 1 is 0.600 bits per heavy atom. The van der Waals surface area contributed by atoms with Gasteiger partial charge in [-0.3, -0.25) is 0 Å². The van der Waals surface area contributed by atoms with Crippen LogP contribution in [0.4, 0.5) is 0 Å². The fourth-order valence-electron chi connectivity index (χ4n) is 3.23. The highest BCUT2D eigenvalue weighted by Gasteiger charge is 2.71. The van der Waals surface area contributed by atoms with Gasteiger partial charge >= 0.3 is 0 Å². The molecule has 0 atom stereocenters. The van der Waals surface area contributed by atoms with Crippen molar-refractivity contribution < 1.29 is 0 Å². The van der Waals surface area contributed by atoms with Crippen molar-refractivity contribution in [3.63, 3.8) is 0 Å². The Morgan fingerprint density at radius 2 is 1.10 bits per heavy atom. The van der Waals surface area contributed by atoms with Crippen LogP contribution >= 0.6 is 0 Å². The second kappa shape index (κ2) is 1.78. The summed E-state index contributed by atoms with van der Waals surface area (Å²) in [6, 6.07) is 0. The summed E-state index contributed by atoms with van der Waals surface area (Å²) in [6.07, 6.45) is 9.33. The Balaban J connectivity index is 1.64. The molecular weight excluding hydrogens is 120 g/mol. The third-order valence-corrected chi connectivity index (χ3v) is 3.97. The molecule has 0 unspecified atom stereocenters. The molecule has 0 amide bonds. The molecule has 0 aromatic heterocycles. The average molecular weight is 136 g/mol. The summed E-state index contributed by atoms with van der Waals surface area (Å²) in [5.41, 5.74) is 0. The molecule has 0 radical (unpaired) electrons. The van der Waals surface area contributed by atoms with E-state index in [1.165, 1.54) is 36.5 Å². The van der Waals surface area contributed by atoms with Gasteiger partial charge in [-0.1, -0.05) is 25.7 Å². The van der Waals surface area contributed by atoms with Crippen molar-refractivity contribution >= 4 is 0 Å². The summed E-state index contributed by atoms with van der Waals surface area (Å²) in [6.45, 7) is 0. The summed E-state index contributed by atoms with van der Waals surface area (Å²) in [5, 5.41) is 0. The molecule has 4 aliphatic rings. The van der Waals surface area contributed by atoms with Crippen LogP contribution in [0.3, 0.4) is 0 Å². The van der Waals surface area contributed by atoms with Gasteiger partial charge in [0.15, 0.2) is 0 Å². The molecule has 2 bridgehead atoms. The average Bonchev–Trinajstić information content (AvgIpc) is 2.79. The van der Waals surface area contributed by atoms with Crippen LogP contribution in [-0.4, -0.2) is 0 Å². The fourth-order valence-corrected chi connectivity index (χ4v) is 3.23. The van der Waals surface area contributed by atoms with Gasteiger partial charge < -0.3 is 0 Å². The summed E-state index contributed by atoms with van der Waals surface area (Å²) >= 11 is 0. The zero-order chi connectivity index (χ0) is 6.55. The van der Waals surface area contributed by atoms with Gasteiger partial charge in [0.1, 0.15) is 0 Å². The van der Waals surface area contributed by atoms with E-state index in [1.807, 2.05) is 0 Å². The molecule has 10 heavy (non-hydrogen) atoms. The molecule has 0 heteroatoms. The van der Waals surface area contributed by atoms with Gasteiger partial charge in [-0.15, -0.1) is 0 Å². The minimum atomic E-state index is 1.24. The van der Waals surface area contributed by atoms with Crippen LogP contribution in [0.2, 0.25) is 0 Å². The van der Waals surface area contributed by atoms with Crippen LogP contribution in [0.5, 0.6) is 0 Å². The second-order valence-corrected chi connectivity index (χ2v) is 4.47. The summed E-state index contributed by atoms with van der Waals surface area (Å²) in [7, 11) is 0. The summed E-state index contributed by atoms with van der Waals surface area (Å²) in [4.78, 5) is 0. The monoisotopic (exact) mass is 136 g/mol. The molecule has 4 saturated carbocycles. The fraction of sp³-hybridized carbons (Fsp3) is 1.00. The highest BCUT2D eigenvalue weighted by molar-refractivity contribution is 5.18. The molecule has 0 aromatic rings. The maximum atomic E-state index is 1.59. The van der Waals surface area contributed by atoms with Gasteiger partial charge in [-0.25, -0.2) is 0 Å². The van der Waals surface area contributed by atoms with E-state index < -0.39 is 0 Å². The zero-order valence-electron chi connectivity index (χ0n) is 6.55. The van der Waals surface area contributed by atoms with E-state index in [9.17, 15) is 0 Å². The highest BCUT2D eigenvalue weighted by atomic mass is 14.8. The van der Waals surface area contributed by atoms with Crippen molar-refractivity contribution in [3.05, 3.63) is 0 Å². The van der Waals surface area contributed by atoms with Crippen molar-refractivity contribution in [2.24, 2.45) is 23.7 Å². The quantitative estimate of drug-likeness (QED) is 0.480. The second-order valence-electron chi connectivity index (χ2n) is 4.47. The molecule has 4 rings (SSSR count). The Labute approximate surface area is 63.0 Å². The maximum absolute atomic E-state index is 1.59.